The molecule has 0 aromatic carbocycles. The summed E-state index contributed by atoms with van der Waals surface area (Å²) < 4.78 is 5.97. The highest BCUT2D eigenvalue weighted by molar-refractivity contribution is 5.83. The van der Waals surface area contributed by atoms with Crippen molar-refractivity contribution in [1.82, 2.24) is 10.6 Å². The minimum atomic E-state index is 0.0961. The molecule has 0 aromatic heterocycles. The molecule has 0 unspecified atom stereocenters. The van der Waals surface area contributed by atoms with E-state index in [1.807, 2.05) is 13.8 Å². The second kappa shape index (κ2) is 13.2. The van der Waals surface area contributed by atoms with Crippen molar-refractivity contribution in [1.29, 1.82) is 0 Å². The van der Waals surface area contributed by atoms with E-state index >= 15 is 0 Å². The Labute approximate surface area is 188 Å². The van der Waals surface area contributed by atoms with E-state index in [-0.39, 0.29) is 41.8 Å². The first-order chi connectivity index (χ1) is 14.7. The quantitative estimate of drug-likeness (QED) is 0.476. The first-order valence-corrected chi connectivity index (χ1v) is 12.5. The molecule has 0 aromatic rings. The number of nitrogens with one attached hydrogen (secondary N) is 2. The summed E-state index contributed by atoms with van der Waals surface area (Å²) in [6, 6.07) is 0.494. The Balaban J connectivity index is 1.51. The van der Waals surface area contributed by atoms with E-state index in [1.54, 1.807) is 0 Å². The first kappa shape index (κ1) is 25.8. The molecule has 2 amide bonds. The summed E-state index contributed by atoms with van der Waals surface area (Å²) in [5, 5.41) is 6.28. The molecule has 31 heavy (non-hydrogen) atoms. The van der Waals surface area contributed by atoms with Crippen LogP contribution in [0.4, 0.5) is 0 Å². The van der Waals surface area contributed by atoms with Crippen molar-refractivity contribution in [3.63, 3.8) is 0 Å². The van der Waals surface area contributed by atoms with E-state index in [2.05, 4.69) is 24.5 Å². The van der Waals surface area contributed by atoms with Crippen molar-refractivity contribution >= 4 is 17.6 Å². The summed E-state index contributed by atoms with van der Waals surface area (Å²) >= 11 is 0. The highest BCUT2D eigenvalue weighted by Gasteiger charge is 2.28. The standard InChI is InChI=1S/C25H44N2O4/c1-17(2)16-24(29)27-21-11-13-22(14-12-21)31-15-5-6-23(28)26-20-9-7-19(8-10-20)25(30)18(3)4/h17-22H,5-16H2,1-4H3,(H,26,28)(H,27,29). The lowest BCUT2D eigenvalue weighted by Crippen LogP contribution is -2.39. The second-order valence-electron chi connectivity index (χ2n) is 10.3. The summed E-state index contributed by atoms with van der Waals surface area (Å²) in [6.07, 6.45) is 9.54. The monoisotopic (exact) mass is 436 g/mol. The van der Waals surface area contributed by atoms with Crippen LogP contribution in [0.2, 0.25) is 0 Å². The molecule has 2 fully saturated rings. The number of hydrogen-bond donors (Lipinski definition) is 2. The molecule has 2 rings (SSSR count). The van der Waals surface area contributed by atoms with Crippen LogP contribution < -0.4 is 10.6 Å². The third-order valence-electron chi connectivity index (χ3n) is 6.60. The van der Waals surface area contributed by atoms with Gasteiger partial charge in [0.15, 0.2) is 0 Å². The van der Waals surface area contributed by atoms with Crippen LogP contribution in [0.15, 0.2) is 0 Å². The van der Waals surface area contributed by atoms with Crippen molar-refractivity contribution in [3.05, 3.63) is 0 Å². The smallest absolute Gasteiger partial charge is 0.220 e. The lowest BCUT2D eigenvalue weighted by Gasteiger charge is -2.30. The summed E-state index contributed by atoms with van der Waals surface area (Å²) in [7, 11) is 0. The number of ketones is 1. The number of rotatable bonds is 11. The van der Waals surface area contributed by atoms with Gasteiger partial charge in [-0.05, 0) is 63.7 Å². The first-order valence-electron chi connectivity index (χ1n) is 12.5. The molecule has 0 heterocycles. The van der Waals surface area contributed by atoms with Gasteiger partial charge in [0.2, 0.25) is 11.8 Å². The van der Waals surface area contributed by atoms with Crippen LogP contribution in [0.25, 0.3) is 0 Å². The third-order valence-corrected chi connectivity index (χ3v) is 6.60. The molecule has 2 saturated carbocycles. The van der Waals surface area contributed by atoms with Crippen LogP contribution >= 0.6 is 0 Å². The summed E-state index contributed by atoms with van der Waals surface area (Å²) in [5.41, 5.74) is 0. The molecule has 0 spiro atoms. The van der Waals surface area contributed by atoms with Gasteiger partial charge in [0, 0.05) is 43.4 Å². The van der Waals surface area contributed by atoms with Crippen LogP contribution in [0.1, 0.15) is 98.3 Å². The lowest BCUT2D eigenvalue weighted by atomic mass is 9.80. The van der Waals surface area contributed by atoms with E-state index in [4.69, 9.17) is 4.74 Å². The van der Waals surface area contributed by atoms with Gasteiger partial charge in [-0.25, -0.2) is 0 Å². The molecule has 2 aliphatic rings. The minimum absolute atomic E-state index is 0.0961. The zero-order valence-electron chi connectivity index (χ0n) is 20.1. The Morgan fingerprint density at radius 3 is 1.90 bits per heavy atom. The fraction of sp³-hybridized carbons (Fsp3) is 0.880. The number of amides is 2. The second-order valence-corrected chi connectivity index (χ2v) is 10.3. The SMILES string of the molecule is CC(C)CC(=O)NC1CCC(OCCCC(=O)NC2CCC(C(=O)C(C)C)CC2)CC1. The molecule has 0 atom stereocenters. The average Bonchev–Trinajstić information content (AvgIpc) is 2.71. The van der Waals surface area contributed by atoms with Gasteiger partial charge in [-0.3, -0.25) is 14.4 Å². The van der Waals surface area contributed by atoms with Crippen LogP contribution in [0, 0.1) is 17.8 Å². The van der Waals surface area contributed by atoms with Gasteiger partial charge < -0.3 is 15.4 Å². The number of carbonyl (C=O) groups is 3. The van der Waals surface area contributed by atoms with Gasteiger partial charge >= 0.3 is 0 Å². The molecular formula is C25H44N2O4. The van der Waals surface area contributed by atoms with Crippen molar-refractivity contribution in [2.75, 3.05) is 6.61 Å². The molecule has 0 aliphatic heterocycles. The van der Waals surface area contributed by atoms with E-state index in [0.717, 1.165) is 57.8 Å². The Morgan fingerprint density at radius 1 is 0.806 bits per heavy atom. The van der Waals surface area contributed by atoms with Crippen LogP contribution in [-0.2, 0) is 19.1 Å². The fourth-order valence-electron chi connectivity index (χ4n) is 4.81. The average molecular weight is 437 g/mol. The van der Waals surface area contributed by atoms with Crippen LogP contribution in [0.3, 0.4) is 0 Å². The van der Waals surface area contributed by atoms with E-state index in [0.29, 0.717) is 31.1 Å². The maximum atomic E-state index is 12.2. The molecule has 0 saturated heterocycles. The Kier molecular flexibility index (Phi) is 11.0. The highest BCUT2D eigenvalue weighted by Crippen LogP contribution is 2.27. The Morgan fingerprint density at radius 2 is 1.35 bits per heavy atom. The van der Waals surface area contributed by atoms with E-state index in [1.165, 1.54) is 0 Å². The molecular weight excluding hydrogens is 392 g/mol. The topological polar surface area (TPSA) is 84.5 Å². The van der Waals surface area contributed by atoms with Gasteiger partial charge in [0.1, 0.15) is 5.78 Å². The van der Waals surface area contributed by atoms with E-state index < -0.39 is 0 Å². The third kappa shape index (κ3) is 9.71. The van der Waals surface area contributed by atoms with Gasteiger partial charge in [-0.1, -0.05) is 27.7 Å². The number of ether oxygens (including phenoxy) is 1. The Hall–Kier alpha value is -1.43. The zero-order chi connectivity index (χ0) is 22.8. The van der Waals surface area contributed by atoms with E-state index in [9.17, 15) is 14.4 Å². The van der Waals surface area contributed by atoms with Crippen LogP contribution in [0.5, 0.6) is 0 Å². The molecule has 0 radical (unpaired) electrons. The predicted octanol–water partition coefficient (Wildman–Crippen LogP) is 4.16. The van der Waals surface area contributed by atoms with Gasteiger partial charge in [-0.2, -0.15) is 0 Å². The largest absolute Gasteiger partial charge is 0.378 e. The lowest BCUT2D eigenvalue weighted by molar-refractivity contribution is -0.127. The highest BCUT2D eigenvalue weighted by atomic mass is 16.5. The van der Waals surface area contributed by atoms with Crippen molar-refractivity contribution in [2.24, 2.45) is 17.8 Å². The van der Waals surface area contributed by atoms with Gasteiger partial charge in [0.05, 0.1) is 6.10 Å². The van der Waals surface area contributed by atoms with Crippen molar-refractivity contribution in [2.45, 2.75) is 117 Å². The minimum Gasteiger partial charge on any atom is -0.378 e. The molecule has 0 bridgehead atoms. The molecule has 6 heteroatoms. The summed E-state index contributed by atoms with van der Waals surface area (Å²) in [5.74, 6) is 1.30. The summed E-state index contributed by atoms with van der Waals surface area (Å²) in [4.78, 5) is 36.2. The molecule has 2 aliphatic carbocycles. The van der Waals surface area contributed by atoms with Crippen LogP contribution in [-0.4, -0.2) is 42.4 Å². The fourth-order valence-corrected chi connectivity index (χ4v) is 4.81. The van der Waals surface area contributed by atoms with Gasteiger partial charge in [0.25, 0.3) is 0 Å². The Bertz CT molecular complexity index is 574. The predicted molar refractivity (Wildman–Crippen MR) is 123 cm³/mol. The normalized spacial score (nSPS) is 26.6. The number of Topliss-reactive ketones (excluding diaryl/α,β-unsaturated/α-hetero) is 1. The molecule has 6 nitrogen and oxygen atoms in total. The maximum absolute atomic E-state index is 12.2. The molecule has 2 N–H and O–H groups in total. The van der Waals surface area contributed by atoms with Gasteiger partial charge in [-0.15, -0.1) is 0 Å². The van der Waals surface area contributed by atoms with Crippen molar-refractivity contribution in [3.8, 4) is 0 Å². The van der Waals surface area contributed by atoms with Crippen molar-refractivity contribution < 1.29 is 19.1 Å². The number of carbonyl (C=O) groups excluding carboxylic acids is 3. The zero-order valence-corrected chi connectivity index (χ0v) is 20.1. The summed E-state index contributed by atoms with van der Waals surface area (Å²) in [6.45, 7) is 8.67. The maximum Gasteiger partial charge on any atom is 0.220 e. The molecule has 178 valence electrons. The number of hydrogen-bond acceptors (Lipinski definition) is 4.